The highest BCUT2D eigenvalue weighted by molar-refractivity contribution is 6.30. The number of aryl methyl sites for hydroxylation is 1. The van der Waals surface area contributed by atoms with Crippen LogP contribution >= 0.6 is 11.6 Å². The second-order valence-corrected chi connectivity index (χ2v) is 8.03. The third kappa shape index (κ3) is 2.58. The van der Waals surface area contributed by atoms with Gasteiger partial charge in [-0.2, -0.15) is 0 Å². The van der Waals surface area contributed by atoms with E-state index in [4.69, 9.17) is 16.3 Å². The van der Waals surface area contributed by atoms with Crippen molar-refractivity contribution in [3.63, 3.8) is 0 Å². The minimum atomic E-state index is -1.07. The molecule has 0 radical (unpaired) electrons. The fourth-order valence-corrected chi connectivity index (χ4v) is 4.71. The molecule has 0 unspecified atom stereocenters. The number of ether oxygens (including phenoxy) is 1. The first kappa shape index (κ1) is 18.0. The molecular weight excluding hydrogens is 380 g/mol. The van der Waals surface area contributed by atoms with Crippen LogP contribution in [0.25, 0.3) is 11.0 Å². The van der Waals surface area contributed by atoms with Crippen LogP contribution in [0.1, 0.15) is 29.1 Å². The highest BCUT2D eigenvalue weighted by atomic mass is 35.5. The van der Waals surface area contributed by atoms with Crippen molar-refractivity contribution >= 4 is 22.6 Å². The average Bonchev–Trinajstić information content (AvgIpc) is 3.30. The zero-order chi connectivity index (χ0) is 19.6. The Morgan fingerprint density at radius 1 is 1.18 bits per heavy atom. The Labute approximate surface area is 167 Å². The van der Waals surface area contributed by atoms with E-state index in [2.05, 4.69) is 14.9 Å². The smallest absolute Gasteiger partial charge is 0.164 e. The molecule has 2 aliphatic heterocycles. The Morgan fingerprint density at radius 2 is 2.00 bits per heavy atom. The van der Waals surface area contributed by atoms with E-state index in [-0.39, 0.29) is 6.04 Å². The van der Waals surface area contributed by atoms with Gasteiger partial charge in [0.25, 0.3) is 0 Å². The lowest BCUT2D eigenvalue weighted by molar-refractivity contribution is -0.0622. The summed E-state index contributed by atoms with van der Waals surface area (Å²) in [6.45, 7) is 2.63. The maximum Gasteiger partial charge on any atom is 0.164 e. The predicted molar refractivity (Wildman–Crippen MR) is 104 cm³/mol. The van der Waals surface area contributed by atoms with Gasteiger partial charge in [0.05, 0.1) is 11.7 Å². The highest BCUT2D eigenvalue weighted by Gasteiger charge is 2.50. The molecule has 0 amide bonds. The van der Waals surface area contributed by atoms with Gasteiger partial charge in [-0.3, -0.25) is 4.90 Å². The fraction of sp³-hybridized carbons (Fsp3) is 0.400. The van der Waals surface area contributed by atoms with Gasteiger partial charge in [0, 0.05) is 23.2 Å². The summed E-state index contributed by atoms with van der Waals surface area (Å²) in [7, 11) is 1.98. The van der Waals surface area contributed by atoms with Gasteiger partial charge < -0.3 is 19.5 Å². The summed E-state index contributed by atoms with van der Waals surface area (Å²) in [5.74, 6) is 0. The van der Waals surface area contributed by atoms with E-state index < -0.39 is 24.5 Å². The summed E-state index contributed by atoms with van der Waals surface area (Å²) >= 11 is 6.13. The van der Waals surface area contributed by atoms with E-state index in [0.29, 0.717) is 17.2 Å². The van der Waals surface area contributed by atoms with Crippen molar-refractivity contribution in [2.24, 2.45) is 0 Å². The van der Waals surface area contributed by atoms with Crippen LogP contribution in [0.5, 0.6) is 0 Å². The molecule has 2 N–H and O–H groups in total. The standard InChI is InChI=1S/C20H21ClN4O3/c1-10-13-5-6-25(19(13)23-9-22-10)20-17(27)16(26)18(28-20)15-14-4-3-12(21)7-11(14)8-24(15)2/h3-7,9,15-18,20,26-27H,8H2,1-2H3/t15-,16+,17-,18-,20-/m1/s1. The lowest BCUT2D eigenvalue weighted by atomic mass is 9.96. The molecule has 5 atom stereocenters. The summed E-state index contributed by atoms with van der Waals surface area (Å²) in [5.41, 5.74) is 3.72. The molecule has 5 rings (SSSR count). The summed E-state index contributed by atoms with van der Waals surface area (Å²) in [6.07, 6.45) is -0.0836. The first-order chi connectivity index (χ1) is 13.5. The number of aliphatic hydroxyl groups excluding tert-OH is 2. The molecule has 0 bridgehead atoms. The number of likely N-dealkylation sites (N-methyl/N-ethyl adjacent to an activating group) is 1. The second-order valence-electron chi connectivity index (χ2n) is 7.59. The van der Waals surface area contributed by atoms with Gasteiger partial charge in [-0.25, -0.2) is 9.97 Å². The highest BCUT2D eigenvalue weighted by Crippen LogP contribution is 2.44. The SMILES string of the molecule is Cc1ncnc2c1ccn2[C@@H]1O[C@H]([C@H]2c3ccc(Cl)cc3CN2C)[C@@H](O)[C@H]1O. The summed E-state index contributed by atoms with van der Waals surface area (Å²) in [6, 6.07) is 7.51. The summed E-state index contributed by atoms with van der Waals surface area (Å²) < 4.78 is 8.02. The number of aromatic nitrogens is 3. The topological polar surface area (TPSA) is 83.6 Å². The normalized spacial score (nSPS) is 30.2. The van der Waals surface area contributed by atoms with Crippen LogP contribution in [-0.2, 0) is 11.3 Å². The van der Waals surface area contributed by atoms with Crippen molar-refractivity contribution in [3.05, 3.63) is 58.6 Å². The molecule has 28 heavy (non-hydrogen) atoms. The van der Waals surface area contributed by atoms with Crippen LogP contribution in [0.15, 0.2) is 36.8 Å². The molecule has 4 heterocycles. The van der Waals surface area contributed by atoms with Crippen LogP contribution in [0.2, 0.25) is 5.02 Å². The van der Waals surface area contributed by atoms with Gasteiger partial charge >= 0.3 is 0 Å². The molecule has 3 aromatic rings. The minimum Gasteiger partial charge on any atom is -0.387 e. The number of benzene rings is 1. The maximum absolute atomic E-state index is 10.8. The third-order valence-corrected chi connectivity index (χ3v) is 6.12. The number of hydrogen-bond donors (Lipinski definition) is 2. The Balaban J connectivity index is 1.51. The number of nitrogens with zero attached hydrogens (tertiary/aromatic N) is 4. The first-order valence-electron chi connectivity index (χ1n) is 9.24. The number of halogens is 1. The van der Waals surface area contributed by atoms with E-state index in [1.807, 2.05) is 44.4 Å². The van der Waals surface area contributed by atoms with Gasteiger partial charge in [0.15, 0.2) is 6.23 Å². The number of hydrogen-bond acceptors (Lipinski definition) is 6. The summed E-state index contributed by atoms with van der Waals surface area (Å²) in [5, 5.41) is 23.2. The van der Waals surface area contributed by atoms with Crippen LogP contribution < -0.4 is 0 Å². The molecule has 146 valence electrons. The van der Waals surface area contributed by atoms with Crippen molar-refractivity contribution in [2.75, 3.05) is 7.05 Å². The van der Waals surface area contributed by atoms with E-state index in [9.17, 15) is 10.2 Å². The molecule has 1 fully saturated rings. The largest absolute Gasteiger partial charge is 0.387 e. The quantitative estimate of drug-likeness (QED) is 0.686. The third-order valence-electron chi connectivity index (χ3n) is 5.89. The number of rotatable bonds is 2. The zero-order valence-electron chi connectivity index (χ0n) is 15.5. The van der Waals surface area contributed by atoms with Crippen molar-refractivity contribution < 1.29 is 14.9 Å². The van der Waals surface area contributed by atoms with Crippen LogP contribution in [-0.4, -0.2) is 55.0 Å². The zero-order valence-corrected chi connectivity index (χ0v) is 16.3. The molecule has 0 saturated carbocycles. The van der Waals surface area contributed by atoms with E-state index in [1.165, 1.54) is 6.33 Å². The minimum absolute atomic E-state index is 0.167. The average molecular weight is 401 g/mol. The maximum atomic E-state index is 10.8. The van der Waals surface area contributed by atoms with Gasteiger partial charge in [-0.1, -0.05) is 17.7 Å². The Bertz CT molecular complexity index is 1060. The molecule has 1 saturated heterocycles. The molecule has 0 aliphatic carbocycles. The van der Waals surface area contributed by atoms with Crippen molar-refractivity contribution in [1.29, 1.82) is 0 Å². The number of fused-ring (bicyclic) bond motifs is 2. The lowest BCUT2D eigenvalue weighted by Gasteiger charge is -2.28. The molecule has 2 aliphatic rings. The monoisotopic (exact) mass is 400 g/mol. The molecular formula is C20H21ClN4O3. The summed E-state index contributed by atoms with van der Waals surface area (Å²) in [4.78, 5) is 10.7. The Hall–Kier alpha value is -2.03. The Morgan fingerprint density at radius 3 is 2.82 bits per heavy atom. The first-order valence-corrected chi connectivity index (χ1v) is 9.62. The molecule has 2 aromatic heterocycles. The van der Waals surface area contributed by atoms with Gasteiger partial charge in [0.2, 0.25) is 0 Å². The second kappa shape index (κ2) is 6.50. The van der Waals surface area contributed by atoms with Gasteiger partial charge in [-0.05, 0) is 43.3 Å². The van der Waals surface area contributed by atoms with Crippen molar-refractivity contribution in [3.8, 4) is 0 Å². The fourth-order valence-electron chi connectivity index (χ4n) is 4.51. The van der Waals surface area contributed by atoms with E-state index >= 15 is 0 Å². The van der Waals surface area contributed by atoms with Gasteiger partial charge in [-0.15, -0.1) is 0 Å². The van der Waals surface area contributed by atoms with Crippen LogP contribution in [0.4, 0.5) is 0 Å². The Kier molecular flexibility index (Phi) is 4.19. The van der Waals surface area contributed by atoms with Crippen LogP contribution in [0, 0.1) is 6.92 Å². The van der Waals surface area contributed by atoms with E-state index in [1.54, 1.807) is 4.57 Å². The molecule has 0 spiro atoms. The number of aliphatic hydroxyl groups is 2. The van der Waals surface area contributed by atoms with Crippen LogP contribution in [0.3, 0.4) is 0 Å². The van der Waals surface area contributed by atoms with Crippen molar-refractivity contribution in [1.82, 2.24) is 19.4 Å². The van der Waals surface area contributed by atoms with Crippen molar-refractivity contribution in [2.45, 2.75) is 44.1 Å². The van der Waals surface area contributed by atoms with E-state index in [0.717, 1.165) is 22.2 Å². The van der Waals surface area contributed by atoms with Gasteiger partial charge in [0.1, 0.15) is 30.3 Å². The molecule has 1 aromatic carbocycles. The molecule has 7 nitrogen and oxygen atoms in total. The molecule has 8 heteroatoms. The predicted octanol–water partition coefficient (Wildman–Crippen LogP) is 2.20. The lowest BCUT2D eigenvalue weighted by Crippen LogP contribution is -2.38.